The van der Waals surface area contributed by atoms with Crippen LogP contribution in [0, 0.1) is 23.2 Å². The number of halogens is 1. The molecule has 1 aromatic rings. The van der Waals surface area contributed by atoms with E-state index in [1.165, 1.54) is 12.0 Å². The number of carbonyl (C=O) groups excluding carboxylic acids is 2. The Morgan fingerprint density at radius 3 is 2.45 bits per heavy atom. The fourth-order valence-corrected chi connectivity index (χ4v) is 5.97. The topological polar surface area (TPSA) is 43.9 Å². The summed E-state index contributed by atoms with van der Waals surface area (Å²) >= 11 is 6.22. The molecule has 1 saturated carbocycles. The standard InChI is InChI=1S/C27H38ClN3O2/c1-19(2)25(32)31(18-20-9-10-21-17-23(20)27(21,3)4)16-13-29-11-14-30(15-12-29)26(33)22-7-5-6-8-24(22)28/h5-9,19,21,23H,10-18H2,1-4H3. The summed E-state index contributed by atoms with van der Waals surface area (Å²) in [6.45, 7) is 14.1. The quantitative estimate of drug-likeness (QED) is 0.547. The number of benzene rings is 1. The predicted molar refractivity (Wildman–Crippen MR) is 133 cm³/mol. The van der Waals surface area contributed by atoms with Gasteiger partial charge in [-0.25, -0.2) is 0 Å². The van der Waals surface area contributed by atoms with Gasteiger partial charge in [0.25, 0.3) is 5.91 Å². The Kier molecular flexibility index (Phi) is 7.20. The molecule has 0 N–H and O–H groups in total. The van der Waals surface area contributed by atoms with Crippen LogP contribution in [0.1, 0.15) is 50.9 Å². The van der Waals surface area contributed by atoms with E-state index in [-0.39, 0.29) is 17.7 Å². The first-order valence-corrected chi connectivity index (χ1v) is 12.8. The van der Waals surface area contributed by atoms with Gasteiger partial charge in [0.05, 0.1) is 10.6 Å². The van der Waals surface area contributed by atoms with Crippen LogP contribution in [-0.4, -0.2) is 72.3 Å². The van der Waals surface area contributed by atoms with Gasteiger partial charge in [0, 0.05) is 51.7 Å². The summed E-state index contributed by atoms with van der Waals surface area (Å²) in [5, 5.41) is 0.505. The molecule has 2 amide bonds. The lowest BCUT2D eigenvalue weighted by molar-refractivity contribution is -0.134. The Morgan fingerprint density at radius 2 is 1.85 bits per heavy atom. The number of rotatable bonds is 7. The van der Waals surface area contributed by atoms with E-state index in [0.29, 0.717) is 35.0 Å². The second-order valence-corrected chi connectivity index (χ2v) is 11.3. The third kappa shape index (κ3) is 5.00. The van der Waals surface area contributed by atoms with E-state index in [1.54, 1.807) is 12.1 Å². The summed E-state index contributed by atoms with van der Waals surface area (Å²) in [6, 6.07) is 7.24. The molecule has 3 aliphatic carbocycles. The number of amides is 2. The molecule has 1 aromatic carbocycles. The minimum atomic E-state index is 0.00132. The monoisotopic (exact) mass is 471 g/mol. The van der Waals surface area contributed by atoms with E-state index in [4.69, 9.17) is 11.6 Å². The van der Waals surface area contributed by atoms with Crippen molar-refractivity contribution in [1.29, 1.82) is 0 Å². The lowest BCUT2D eigenvalue weighted by Crippen LogP contribution is -2.52. The van der Waals surface area contributed by atoms with Crippen LogP contribution >= 0.6 is 11.6 Å². The average molecular weight is 472 g/mol. The molecule has 1 saturated heterocycles. The maximum atomic E-state index is 13.0. The fourth-order valence-electron chi connectivity index (χ4n) is 5.75. The van der Waals surface area contributed by atoms with Crippen molar-refractivity contribution in [2.75, 3.05) is 45.8 Å². The highest BCUT2D eigenvalue weighted by Gasteiger charge is 2.51. The molecule has 1 heterocycles. The summed E-state index contributed by atoms with van der Waals surface area (Å²) < 4.78 is 0. The number of fused-ring (bicyclic) bond motifs is 1. The molecule has 6 heteroatoms. The van der Waals surface area contributed by atoms with Crippen molar-refractivity contribution in [1.82, 2.24) is 14.7 Å². The maximum absolute atomic E-state index is 13.0. The zero-order chi connectivity index (χ0) is 23.8. The molecule has 0 aromatic heterocycles. The molecule has 0 radical (unpaired) electrons. The number of piperazine rings is 1. The van der Waals surface area contributed by atoms with E-state index in [9.17, 15) is 9.59 Å². The lowest BCUT2D eigenvalue weighted by Gasteiger charge is -2.57. The number of carbonyl (C=O) groups is 2. The van der Waals surface area contributed by atoms with Gasteiger partial charge in [0.2, 0.25) is 5.91 Å². The van der Waals surface area contributed by atoms with Crippen molar-refractivity contribution in [3.8, 4) is 0 Å². The third-order valence-electron chi connectivity index (χ3n) is 8.21. The van der Waals surface area contributed by atoms with E-state index in [1.807, 2.05) is 30.9 Å². The van der Waals surface area contributed by atoms with Crippen molar-refractivity contribution in [3.63, 3.8) is 0 Å². The minimum absolute atomic E-state index is 0.00132. The van der Waals surface area contributed by atoms with Crippen LogP contribution in [0.5, 0.6) is 0 Å². The zero-order valence-electron chi connectivity index (χ0n) is 20.5. The van der Waals surface area contributed by atoms with Crippen molar-refractivity contribution in [3.05, 3.63) is 46.5 Å². The van der Waals surface area contributed by atoms with Gasteiger partial charge in [-0.05, 0) is 42.2 Å². The molecule has 4 aliphatic rings. The first-order valence-electron chi connectivity index (χ1n) is 12.4. The van der Waals surface area contributed by atoms with E-state index < -0.39 is 0 Å². The van der Waals surface area contributed by atoms with Crippen molar-refractivity contribution in [2.24, 2.45) is 23.2 Å². The van der Waals surface area contributed by atoms with Crippen molar-refractivity contribution in [2.45, 2.75) is 40.5 Å². The zero-order valence-corrected chi connectivity index (χ0v) is 21.3. The molecular weight excluding hydrogens is 434 g/mol. The molecule has 2 atom stereocenters. The number of nitrogens with zero attached hydrogens (tertiary/aromatic N) is 3. The first kappa shape index (κ1) is 24.3. The van der Waals surface area contributed by atoms with Gasteiger partial charge >= 0.3 is 0 Å². The van der Waals surface area contributed by atoms with Crippen molar-refractivity contribution >= 4 is 23.4 Å². The Hall–Kier alpha value is -1.85. The Bertz CT molecular complexity index is 918. The average Bonchev–Trinajstić information content (AvgIpc) is 2.81. The summed E-state index contributed by atoms with van der Waals surface area (Å²) in [6.07, 6.45) is 4.84. The molecule has 5 rings (SSSR count). The smallest absolute Gasteiger partial charge is 0.255 e. The molecule has 1 aliphatic heterocycles. The van der Waals surface area contributed by atoms with Crippen LogP contribution in [-0.2, 0) is 4.79 Å². The molecule has 2 unspecified atom stereocenters. The molecule has 180 valence electrons. The van der Waals surface area contributed by atoms with Crippen LogP contribution in [0.2, 0.25) is 5.02 Å². The predicted octanol–water partition coefficient (Wildman–Crippen LogP) is 4.57. The van der Waals surface area contributed by atoms with Crippen molar-refractivity contribution < 1.29 is 9.59 Å². The van der Waals surface area contributed by atoms with E-state index >= 15 is 0 Å². The third-order valence-corrected chi connectivity index (χ3v) is 8.54. The Morgan fingerprint density at radius 1 is 1.15 bits per heavy atom. The van der Waals surface area contributed by atoms with Gasteiger partial charge in [0.1, 0.15) is 0 Å². The van der Waals surface area contributed by atoms with Gasteiger partial charge < -0.3 is 9.80 Å². The Balaban J connectivity index is 1.32. The molecule has 0 spiro atoms. The maximum Gasteiger partial charge on any atom is 0.255 e. The first-order chi connectivity index (χ1) is 15.7. The normalized spacial score (nSPS) is 24.3. The van der Waals surface area contributed by atoms with E-state index in [0.717, 1.165) is 45.1 Å². The van der Waals surface area contributed by atoms with E-state index in [2.05, 4.69) is 29.7 Å². The highest BCUT2D eigenvalue weighted by Crippen LogP contribution is 2.59. The number of hydrogen-bond acceptors (Lipinski definition) is 3. The van der Waals surface area contributed by atoms with Gasteiger partial charge in [-0.15, -0.1) is 0 Å². The van der Waals surface area contributed by atoms with Crippen LogP contribution < -0.4 is 0 Å². The number of allylic oxidation sites excluding steroid dienone is 1. The lowest BCUT2D eigenvalue weighted by atomic mass is 9.49. The van der Waals surface area contributed by atoms with Gasteiger partial charge in [-0.2, -0.15) is 0 Å². The largest absolute Gasteiger partial charge is 0.337 e. The molecule has 2 fully saturated rings. The molecular formula is C27H38ClN3O2. The summed E-state index contributed by atoms with van der Waals surface area (Å²) in [5.74, 6) is 1.68. The summed E-state index contributed by atoms with van der Waals surface area (Å²) in [7, 11) is 0. The second-order valence-electron chi connectivity index (χ2n) is 10.8. The van der Waals surface area contributed by atoms with Gasteiger partial charge in [0.15, 0.2) is 0 Å². The fraction of sp³-hybridized carbons (Fsp3) is 0.630. The summed E-state index contributed by atoms with van der Waals surface area (Å²) in [4.78, 5) is 32.2. The second kappa shape index (κ2) is 9.79. The highest BCUT2D eigenvalue weighted by molar-refractivity contribution is 6.33. The molecule has 2 bridgehead atoms. The molecule has 5 nitrogen and oxygen atoms in total. The summed E-state index contributed by atoms with van der Waals surface area (Å²) in [5.41, 5.74) is 2.41. The highest BCUT2D eigenvalue weighted by atomic mass is 35.5. The van der Waals surface area contributed by atoms with Crippen LogP contribution in [0.4, 0.5) is 0 Å². The minimum Gasteiger partial charge on any atom is -0.337 e. The Labute approximate surface area is 203 Å². The van der Waals surface area contributed by atoms with Gasteiger partial charge in [-0.1, -0.05) is 63.1 Å². The number of hydrogen-bond donors (Lipinski definition) is 0. The van der Waals surface area contributed by atoms with Crippen LogP contribution in [0.3, 0.4) is 0 Å². The SMILES string of the molecule is CC(C)C(=O)N(CCN1CCN(C(=O)c2ccccc2Cl)CC1)CC1=CCC2CC1C2(C)C. The molecule has 33 heavy (non-hydrogen) atoms. The van der Waals surface area contributed by atoms with Crippen LogP contribution in [0.25, 0.3) is 0 Å². The van der Waals surface area contributed by atoms with Gasteiger partial charge in [-0.3, -0.25) is 14.5 Å². The van der Waals surface area contributed by atoms with Crippen LogP contribution in [0.15, 0.2) is 35.9 Å².